The van der Waals surface area contributed by atoms with E-state index in [-0.39, 0.29) is 34.9 Å². The summed E-state index contributed by atoms with van der Waals surface area (Å²) in [7, 11) is 0. The third-order valence-corrected chi connectivity index (χ3v) is 8.93. The van der Waals surface area contributed by atoms with Gasteiger partial charge >= 0.3 is 12.1 Å². The lowest BCUT2D eigenvalue weighted by Gasteiger charge is -2.61. The fraction of sp³-hybridized carbons (Fsp3) is 0.593. The van der Waals surface area contributed by atoms with Crippen LogP contribution < -0.4 is 5.32 Å². The van der Waals surface area contributed by atoms with Gasteiger partial charge in [-0.05, 0) is 67.1 Å². The highest BCUT2D eigenvalue weighted by Gasteiger charge is 2.61. The van der Waals surface area contributed by atoms with Gasteiger partial charge in [0.15, 0.2) is 0 Å². The zero-order chi connectivity index (χ0) is 23.9. The number of nitrogens with zero attached hydrogens (tertiary/aromatic N) is 1. The molecule has 6 atom stereocenters. The number of pyridine rings is 1. The summed E-state index contributed by atoms with van der Waals surface area (Å²) in [5, 5.41) is 3.62. The number of rotatable bonds is 6. The highest BCUT2D eigenvalue weighted by atomic mass is 16.7. The number of nitrogens with one attached hydrogen (secondary N) is 1. The van der Waals surface area contributed by atoms with Gasteiger partial charge in [-0.3, -0.25) is 4.98 Å². The predicted molar refractivity (Wildman–Crippen MR) is 126 cm³/mol. The Morgan fingerprint density at radius 2 is 2.09 bits per heavy atom. The largest absolute Gasteiger partial charge is 0.508 e. The number of esters is 1. The standard InChI is InChI=1S/C27H34N2O5/c1-17-6-7-22-26(2,10-8-23-27(22,3)16-33-25(31)34-23)20(17)13-21(19-9-12-32-24(19)30)29-15-18-5-4-11-28-14-18/h4-5,9,11,14,20-23,29H,1,6-8,10,12-13,15-16H2,2-3H3/t20-,21?,22?,23-,26+,27+/m1/s1. The Bertz CT molecular complexity index is 1010. The maximum absolute atomic E-state index is 12.6. The quantitative estimate of drug-likeness (QED) is 0.493. The number of carbonyl (C=O) groups is 2. The third kappa shape index (κ3) is 3.94. The van der Waals surface area contributed by atoms with Crippen molar-refractivity contribution in [2.24, 2.45) is 22.7 Å². The molecular formula is C27H34N2O5. The lowest BCUT2D eigenvalue weighted by Crippen LogP contribution is -2.61. The lowest BCUT2D eigenvalue weighted by molar-refractivity contribution is -0.193. The Balaban J connectivity index is 1.41. The van der Waals surface area contributed by atoms with Crippen molar-refractivity contribution in [2.75, 3.05) is 13.2 Å². The van der Waals surface area contributed by atoms with Gasteiger partial charge in [0.2, 0.25) is 0 Å². The molecule has 2 unspecified atom stereocenters. The molecular weight excluding hydrogens is 432 g/mol. The van der Waals surface area contributed by atoms with Gasteiger partial charge in [0.05, 0.1) is 5.57 Å². The minimum Gasteiger partial charge on any atom is -0.458 e. The molecule has 1 aromatic rings. The van der Waals surface area contributed by atoms with E-state index in [0.29, 0.717) is 31.2 Å². The number of ether oxygens (including phenoxy) is 3. The summed E-state index contributed by atoms with van der Waals surface area (Å²) in [6, 6.07) is 3.81. The predicted octanol–water partition coefficient (Wildman–Crippen LogP) is 4.34. The Hall–Kier alpha value is -2.67. The summed E-state index contributed by atoms with van der Waals surface area (Å²) in [5.41, 5.74) is 2.78. The average Bonchev–Trinajstić information content (AvgIpc) is 3.25. The van der Waals surface area contributed by atoms with E-state index >= 15 is 0 Å². The fourth-order valence-corrected chi connectivity index (χ4v) is 7.12. The van der Waals surface area contributed by atoms with Crippen LogP contribution in [0.15, 0.2) is 48.3 Å². The van der Waals surface area contributed by atoms with Crippen molar-refractivity contribution < 1.29 is 23.8 Å². The first-order valence-corrected chi connectivity index (χ1v) is 12.3. The zero-order valence-electron chi connectivity index (χ0n) is 20.0. The minimum absolute atomic E-state index is 0.0228. The highest BCUT2D eigenvalue weighted by molar-refractivity contribution is 5.91. The Kier molecular flexibility index (Phi) is 6.00. The topological polar surface area (TPSA) is 86.8 Å². The van der Waals surface area contributed by atoms with E-state index in [2.05, 4.69) is 30.7 Å². The van der Waals surface area contributed by atoms with E-state index in [1.807, 2.05) is 24.4 Å². The molecule has 7 nitrogen and oxygen atoms in total. The number of fused-ring (bicyclic) bond motifs is 3. The molecule has 4 aliphatic rings. The van der Waals surface area contributed by atoms with E-state index in [4.69, 9.17) is 14.2 Å². The van der Waals surface area contributed by atoms with Crippen molar-refractivity contribution in [3.8, 4) is 0 Å². The maximum Gasteiger partial charge on any atom is 0.508 e. The number of aromatic nitrogens is 1. The molecule has 34 heavy (non-hydrogen) atoms. The van der Waals surface area contributed by atoms with Crippen LogP contribution in [0, 0.1) is 22.7 Å². The first-order valence-electron chi connectivity index (χ1n) is 12.3. The molecule has 2 aliphatic carbocycles. The minimum atomic E-state index is -0.547. The molecule has 0 aromatic carbocycles. The van der Waals surface area contributed by atoms with Gasteiger partial charge in [-0.25, -0.2) is 9.59 Å². The van der Waals surface area contributed by atoms with Gasteiger partial charge in [-0.15, -0.1) is 0 Å². The molecule has 7 heteroatoms. The average molecular weight is 467 g/mol. The molecule has 0 bridgehead atoms. The van der Waals surface area contributed by atoms with Crippen molar-refractivity contribution in [1.82, 2.24) is 10.3 Å². The highest BCUT2D eigenvalue weighted by Crippen LogP contribution is 2.63. The molecule has 3 fully saturated rings. The number of allylic oxidation sites excluding steroid dienone is 1. The van der Waals surface area contributed by atoms with Gasteiger partial charge in [0, 0.05) is 30.4 Å². The zero-order valence-corrected chi connectivity index (χ0v) is 20.0. The van der Waals surface area contributed by atoms with Crippen molar-refractivity contribution in [3.05, 3.63) is 53.9 Å². The molecule has 3 heterocycles. The number of hydrogen-bond acceptors (Lipinski definition) is 7. The maximum atomic E-state index is 12.6. The van der Waals surface area contributed by atoms with Gasteiger partial charge in [-0.2, -0.15) is 0 Å². The van der Waals surface area contributed by atoms with Crippen molar-refractivity contribution in [2.45, 2.75) is 64.6 Å². The number of hydrogen-bond donors (Lipinski definition) is 1. The van der Waals surface area contributed by atoms with Crippen LogP contribution in [0.25, 0.3) is 0 Å². The number of cyclic esters (lactones) is 2. The smallest absolute Gasteiger partial charge is 0.458 e. The van der Waals surface area contributed by atoms with Gasteiger partial charge in [0.25, 0.3) is 0 Å². The molecule has 2 saturated carbocycles. The Labute approximate surface area is 200 Å². The molecule has 5 rings (SSSR count). The van der Waals surface area contributed by atoms with Crippen LogP contribution in [-0.2, 0) is 25.5 Å². The second kappa shape index (κ2) is 8.84. The summed E-state index contributed by atoms with van der Waals surface area (Å²) in [5.74, 6) is 0.322. The van der Waals surface area contributed by atoms with Crippen LogP contribution in [0.3, 0.4) is 0 Å². The van der Waals surface area contributed by atoms with Crippen molar-refractivity contribution >= 4 is 12.1 Å². The Morgan fingerprint density at radius 1 is 1.24 bits per heavy atom. The van der Waals surface area contributed by atoms with Crippen LogP contribution in [0.4, 0.5) is 4.79 Å². The van der Waals surface area contributed by atoms with E-state index in [1.54, 1.807) is 6.20 Å². The molecule has 182 valence electrons. The van der Waals surface area contributed by atoms with Crippen LogP contribution in [-0.4, -0.2) is 42.5 Å². The number of carbonyl (C=O) groups excluding carboxylic acids is 2. The summed E-state index contributed by atoms with van der Waals surface area (Å²) >= 11 is 0. The molecule has 1 saturated heterocycles. The molecule has 0 amide bonds. The van der Waals surface area contributed by atoms with Crippen LogP contribution in [0.2, 0.25) is 0 Å². The summed E-state index contributed by atoms with van der Waals surface area (Å²) < 4.78 is 16.3. The summed E-state index contributed by atoms with van der Waals surface area (Å²) in [4.78, 5) is 28.6. The van der Waals surface area contributed by atoms with Crippen LogP contribution >= 0.6 is 0 Å². The lowest BCUT2D eigenvalue weighted by atomic mass is 9.45. The van der Waals surface area contributed by atoms with Crippen molar-refractivity contribution in [3.63, 3.8) is 0 Å². The summed E-state index contributed by atoms with van der Waals surface area (Å²) in [6.07, 6.45) is 9.34. The molecule has 0 radical (unpaired) electrons. The summed E-state index contributed by atoms with van der Waals surface area (Å²) in [6.45, 7) is 10.4. The SMILES string of the molecule is C=C1CCC2[C@]3(C)COC(=O)O[C@@H]3CC[C@@]2(C)[C@@H]1CC(NCc1cccnc1)C1=CCOC1=O. The second-order valence-corrected chi connectivity index (χ2v) is 10.8. The first-order chi connectivity index (χ1) is 16.3. The van der Waals surface area contributed by atoms with Gasteiger partial charge < -0.3 is 19.5 Å². The van der Waals surface area contributed by atoms with E-state index < -0.39 is 6.16 Å². The van der Waals surface area contributed by atoms with E-state index in [1.165, 1.54) is 5.57 Å². The Morgan fingerprint density at radius 3 is 2.82 bits per heavy atom. The molecule has 1 N–H and O–H groups in total. The van der Waals surface area contributed by atoms with E-state index in [9.17, 15) is 9.59 Å². The second-order valence-electron chi connectivity index (χ2n) is 10.8. The monoisotopic (exact) mass is 466 g/mol. The third-order valence-electron chi connectivity index (χ3n) is 8.93. The normalized spacial score (nSPS) is 35.9. The van der Waals surface area contributed by atoms with Crippen molar-refractivity contribution in [1.29, 1.82) is 0 Å². The van der Waals surface area contributed by atoms with Gasteiger partial charge in [-0.1, -0.05) is 32.1 Å². The molecule has 0 spiro atoms. The van der Waals surface area contributed by atoms with Crippen LogP contribution in [0.5, 0.6) is 0 Å². The van der Waals surface area contributed by atoms with E-state index in [0.717, 1.165) is 37.7 Å². The molecule has 1 aromatic heterocycles. The van der Waals surface area contributed by atoms with Gasteiger partial charge in [0.1, 0.15) is 19.3 Å². The molecule has 2 aliphatic heterocycles. The first kappa shape index (κ1) is 23.1. The fourth-order valence-electron chi connectivity index (χ4n) is 7.12. The van der Waals surface area contributed by atoms with Crippen LogP contribution in [0.1, 0.15) is 51.5 Å².